The van der Waals surface area contributed by atoms with Crippen LogP contribution in [0.25, 0.3) is 0 Å². The van der Waals surface area contributed by atoms with Crippen LogP contribution in [0, 0.1) is 0 Å². The van der Waals surface area contributed by atoms with Crippen LogP contribution in [0.15, 0.2) is 48.5 Å². The molecule has 0 aliphatic rings. The van der Waals surface area contributed by atoms with Crippen LogP contribution < -0.4 is 9.47 Å². The Hall–Kier alpha value is -2.49. The lowest BCUT2D eigenvalue weighted by molar-refractivity contribution is 0.0773. The molecule has 0 fully saturated rings. The number of hydrogen-bond donors (Lipinski definition) is 0. The van der Waals surface area contributed by atoms with Crippen LogP contribution in [-0.4, -0.2) is 37.1 Å². The first-order valence-corrected chi connectivity index (χ1v) is 10.4. The second kappa shape index (κ2) is 12.1. The van der Waals surface area contributed by atoms with Crippen molar-refractivity contribution in [1.29, 1.82) is 0 Å². The highest BCUT2D eigenvalue weighted by Gasteiger charge is 2.11. The van der Waals surface area contributed by atoms with Gasteiger partial charge in [0.25, 0.3) is 5.91 Å². The predicted molar refractivity (Wildman–Crippen MR) is 114 cm³/mol. The van der Waals surface area contributed by atoms with E-state index in [0.717, 1.165) is 56.9 Å². The summed E-state index contributed by atoms with van der Waals surface area (Å²) >= 11 is 0. The zero-order valence-electron chi connectivity index (χ0n) is 17.4. The van der Waals surface area contributed by atoms with E-state index in [2.05, 4.69) is 19.1 Å². The summed E-state index contributed by atoms with van der Waals surface area (Å²) in [6.07, 6.45) is 4.05. The molecule has 1 amide bonds. The molecule has 152 valence electrons. The molecule has 0 N–H and O–H groups in total. The van der Waals surface area contributed by atoms with Crippen LogP contribution in [-0.2, 0) is 6.42 Å². The molecule has 28 heavy (non-hydrogen) atoms. The predicted octanol–water partition coefficient (Wildman–Crippen LogP) is 5.36. The Labute approximate surface area is 169 Å². The maximum absolute atomic E-state index is 12.3. The molecule has 0 aliphatic carbocycles. The lowest BCUT2D eigenvalue weighted by Gasteiger charge is -2.18. The summed E-state index contributed by atoms with van der Waals surface area (Å²) < 4.78 is 11.7. The standard InChI is InChI=1S/C24H33NO3/c1-4-20-12-8-9-13-23(20)28-19-11-7-10-18-27-22-16-14-21(15-17-22)24(26)25(5-2)6-3/h8-9,12-17H,4-7,10-11,18-19H2,1-3H3. The van der Waals surface area contributed by atoms with Crippen LogP contribution >= 0.6 is 0 Å². The number of carbonyl (C=O) groups excluding carboxylic acids is 1. The van der Waals surface area contributed by atoms with Gasteiger partial charge < -0.3 is 14.4 Å². The molecule has 0 saturated carbocycles. The zero-order chi connectivity index (χ0) is 20.2. The van der Waals surface area contributed by atoms with Crippen molar-refractivity contribution in [3.05, 3.63) is 59.7 Å². The molecule has 4 nitrogen and oxygen atoms in total. The van der Waals surface area contributed by atoms with Crippen molar-refractivity contribution in [1.82, 2.24) is 4.90 Å². The van der Waals surface area contributed by atoms with Gasteiger partial charge in [0.1, 0.15) is 11.5 Å². The summed E-state index contributed by atoms with van der Waals surface area (Å²) in [4.78, 5) is 14.1. The second-order valence-corrected chi connectivity index (χ2v) is 6.72. The summed E-state index contributed by atoms with van der Waals surface area (Å²) in [6.45, 7) is 8.99. The molecule has 0 atom stereocenters. The van der Waals surface area contributed by atoms with Gasteiger partial charge in [-0.1, -0.05) is 25.1 Å². The van der Waals surface area contributed by atoms with Gasteiger partial charge in [-0.3, -0.25) is 4.79 Å². The van der Waals surface area contributed by atoms with Gasteiger partial charge in [0, 0.05) is 18.7 Å². The highest BCUT2D eigenvalue weighted by molar-refractivity contribution is 5.94. The van der Waals surface area contributed by atoms with E-state index >= 15 is 0 Å². The molecule has 0 saturated heterocycles. The third kappa shape index (κ3) is 6.59. The molecule has 2 aromatic rings. The molecular weight excluding hydrogens is 350 g/mol. The maximum Gasteiger partial charge on any atom is 0.253 e. The number of nitrogens with zero attached hydrogens (tertiary/aromatic N) is 1. The van der Waals surface area contributed by atoms with E-state index < -0.39 is 0 Å². The largest absolute Gasteiger partial charge is 0.494 e. The number of aryl methyl sites for hydroxylation is 1. The number of ether oxygens (including phenoxy) is 2. The first kappa shape index (κ1) is 21.8. The van der Waals surface area contributed by atoms with Gasteiger partial charge in [-0.15, -0.1) is 0 Å². The minimum absolute atomic E-state index is 0.0706. The molecule has 2 rings (SSSR count). The van der Waals surface area contributed by atoms with E-state index in [-0.39, 0.29) is 5.91 Å². The van der Waals surface area contributed by atoms with Crippen molar-refractivity contribution in [2.45, 2.75) is 46.5 Å². The Kier molecular flexibility index (Phi) is 9.40. The van der Waals surface area contributed by atoms with Crippen molar-refractivity contribution in [3.8, 4) is 11.5 Å². The van der Waals surface area contributed by atoms with Crippen LogP contribution in [0.2, 0.25) is 0 Å². The van der Waals surface area contributed by atoms with Gasteiger partial charge in [0.05, 0.1) is 13.2 Å². The molecule has 0 radical (unpaired) electrons. The molecule has 0 unspecified atom stereocenters. The molecule has 0 heterocycles. The fraction of sp³-hybridized carbons (Fsp3) is 0.458. The summed E-state index contributed by atoms with van der Waals surface area (Å²) in [5, 5.41) is 0. The van der Waals surface area contributed by atoms with Crippen molar-refractivity contribution >= 4 is 5.91 Å². The molecule has 4 heteroatoms. The van der Waals surface area contributed by atoms with Crippen molar-refractivity contribution in [3.63, 3.8) is 0 Å². The molecule has 0 bridgehead atoms. The first-order chi connectivity index (χ1) is 13.7. The third-order valence-electron chi connectivity index (χ3n) is 4.82. The van der Waals surface area contributed by atoms with Crippen LogP contribution in [0.3, 0.4) is 0 Å². The molecule has 2 aromatic carbocycles. The number of benzene rings is 2. The number of rotatable bonds is 12. The number of unbranched alkanes of at least 4 members (excludes halogenated alkanes) is 2. The second-order valence-electron chi connectivity index (χ2n) is 6.72. The summed E-state index contributed by atoms with van der Waals surface area (Å²) in [7, 11) is 0. The smallest absolute Gasteiger partial charge is 0.253 e. The molecule has 0 spiro atoms. The molecule has 0 aliphatic heterocycles. The maximum atomic E-state index is 12.3. The van der Waals surface area contributed by atoms with Gasteiger partial charge in [0.2, 0.25) is 0 Å². The summed E-state index contributed by atoms with van der Waals surface area (Å²) in [5.41, 5.74) is 1.97. The van der Waals surface area contributed by atoms with E-state index in [0.29, 0.717) is 12.2 Å². The Balaban J connectivity index is 1.64. The average molecular weight is 384 g/mol. The lowest BCUT2D eigenvalue weighted by Crippen LogP contribution is -2.30. The Morgan fingerprint density at radius 1 is 0.821 bits per heavy atom. The SMILES string of the molecule is CCc1ccccc1OCCCCCOc1ccc(C(=O)N(CC)CC)cc1. The fourth-order valence-electron chi connectivity index (χ4n) is 3.08. The zero-order valence-corrected chi connectivity index (χ0v) is 17.4. The Morgan fingerprint density at radius 3 is 2.11 bits per heavy atom. The quantitative estimate of drug-likeness (QED) is 0.463. The average Bonchev–Trinajstić information content (AvgIpc) is 2.74. The van der Waals surface area contributed by atoms with E-state index in [1.54, 1.807) is 0 Å². The van der Waals surface area contributed by atoms with Crippen LogP contribution in [0.4, 0.5) is 0 Å². The van der Waals surface area contributed by atoms with Gasteiger partial charge >= 0.3 is 0 Å². The van der Waals surface area contributed by atoms with E-state index in [4.69, 9.17) is 9.47 Å². The summed E-state index contributed by atoms with van der Waals surface area (Å²) in [6, 6.07) is 15.7. The normalized spacial score (nSPS) is 10.5. The van der Waals surface area contributed by atoms with Gasteiger partial charge in [-0.2, -0.15) is 0 Å². The number of carbonyl (C=O) groups is 1. The third-order valence-corrected chi connectivity index (χ3v) is 4.82. The van der Waals surface area contributed by atoms with E-state index in [9.17, 15) is 4.79 Å². The molecule has 0 aromatic heterocycles. The highest BCUT2D eigenvalue weighted by atomic mass is 16.5. The van der Waals surface area contributed by atoms with E-state index in [1.807, 2.05) is 55.1 Å². The van der Waals surface area contributed by atoms with Gasteiger partial charge in [-0.25, -0.2) is 0 Å². The summed E-state index contributed by atoms with van der Waals surface area (Å²) in [5.74, 6) is 1.88. The van der Waals surface area contributed by atoms with Gasteiger partial charge in [-0.05, 0) is 75.4 Å². The van der Waals surface area contributed by atoms with Crippen molar-refractivity contribution < 1.29 is 14.3 Å². The Morgan fingerprint density at radius 2 is 1.46 bits per heavy atom. The monoisotopic (exact) mass is 383 g/mol. The van der Waals surface area contributed by atoms with Crippen LogP contribution in [0.5, 0.6) is 11.5 Å². The lowest BCUT2D eigenvalue weighted by atomic mass is 10.1. The topological polar surface area (TPSA) is 38.8 Å². The van der Waals surface area contributed by atoms with Crippen molar-refractivity contribution in [2.24, 2.45) is 0 Å². The number of para-hydroxylation sites is 1. The van der Waals surface area contributed by atoms with Crippen LogP contribution in [0.1, 0.15) is 56.0 Å². The van der Waals surface area contributed by atoms with E-state index in [1.165, 1.54) is 5.56 Å². The minimum Gasteiger partial charge on any atom is -0.494 e. The first-order valence-electron chi connectivity index (χ1n) is 10.4. The minimum atomic E-state index is 0.0706. The number of hydrogen-bond acceptors (Lipinski definition) is 3. The van der Waals surface area contributed by atoms with Gasteiger partial charge in [0.15, 0.2) is 0 Å². The highest BCUT2D eigenvalue weighted by Crippen LogP contribution is 2.19. The molecular formula is C24H33NO3. The number of amides is 1. The fourth-order valence-corrected chi connectivity index (χ4v) is 3.08. The van der Waals surface area contributed by atoms with Crippen molar-refractivity contribution in [2.75, 3.05) is 26.3 Å². The Bertz CT molecular complexity index is 708.